The third-order valence-electron chi connectivity index (χ3n) is 1.49. The van der Waals surface area contributed by atoms with Gasteiger partial charge in [-0.3, -0.25) is 5.41 Å². The number of sulfone groups is 1. The minimum Gasteiger partial charge on any atom is -0.378 e. The molecule has 68 valence electrons. The van der Waals surface area contributed by atoms with Crippen molar-refractivity contribution in [3.8, 4) is 0 Å². The molecule has 0 spiro atoms. The molecule has 1 aliphatic heterocycles. The van der Waals surface area contributed by atoms with E-state index in [9.17, 15) is 8.42 Å². The molecule has 0 amide bonds. The molecular formula is C6H10N2O2S2. The molecule has 1 rings (SSSR count). The normalized spacial score (nSPS) is 26.8. The predicted molar refractivity (Wildman–Crippen MR) is 50.5 cm³/mol. The summed E-state index contributed by atoms with van der Waals surface area (Å²) in [6, 6.07) is 0. The molecule has 0 saturated carbocycles. The highest BCUT2D eigenvalue weighted by Crippen LogP contribution is 2.31. The summed E-state index contributed by atoms with van der Waals surface area (Å²) >= 11 is 1.02. The van der Waals surface area contributed by atoms with Crippen molar-refractivity contribution in [3.05, 3.63) is 10.3 Å². The van der Waals surface area contributed by atoms with Gasteiger partial charge in [-0.05, 0) is 0 Å². The van der Waals surface area contributed by atoms with Gasteiger partial charge in [0.1, 0.15) is 0 Å². The Labute approximate surface area is 75.6 Å². The van der Waals surface area contributed by atoms with E-state index in [1.54, 1.807) is 0 Å². The van der Waals surface area contributed by atoms with Gasteiger partial charge >= 0.3 is 0 Å². The first-order chi connectivity index (χ1) is 5.41. The molecule has 1 aliphatic rings. The van der Waals surface area contributed by atoms with Crippen LogP contribution in [0.15, 0.2) is 10.3 Å². The van der Waals surface area contributed by atoms with Crippen LogP contribution in [0.2, 0.25) is 0 Å². The molecule has 1 unspecified atom stereocenters. The molecule has 0 bridgehead atoms. The van der Waals surface area contributed by atoms with Gasteiger partial charge in [0.15, 0.2) is 15.0 Å². The van der Waals surface area contributed by atoms with Gasteiger partial charge in [0.25, 0.3) is 0 Å². The quantitative estimate of drug-likeness (QED) is 0.484. The van der Waals surface area contributed by atoms with Gasteiger partial charge in [0.05, 0.1) is 5.75 Å². The lowest BCUT2D eigenvalue weighted by Crippen LogP contribution is -2.07. The molecule has 0 aromatic carbocycles. The number of hydrogen-bond acceptors (Lipinski definition) is 4. The zero-order valence-corrected chi connectivity index (χ0v) is 8.21. The Hall–Kier alpha value is -0.490. The fraction of sp³-hybridized carbons (Fsp3) is 0.500. The number of allylic oxidation sites excluding steroid dienone is 1. The number of amidine groups is 1. The van der Waals surface area contributed by atoms with Crippen LogP contribution in [0, 0.1) is 11.3 Å². The number of hydrogen-bond donors (Lipinski definition) is 2. The average Bonchev–Trinajstić information content (AvgIpc) is 2.03. The molecule has 0 aliphatic carbocycles. The Kier molecular flexibility index (Phi) is 2.48. The van der Waals surface area contributed by atoms with Crippen LogP contribution in [0.25, 0.3) is 0 Å². The number of nitrogens with two attached hydrogens (primary N) is 1. The summed E-state index contributed by atoms with van der Waals surface area (Å²) in [5.74, 6) is 0.117. The van der Waals surface area contributed by atoms with Crippen molar-refractivity contribution in [1.82, 2.24) is 0 Å². The van der Waals surface area contributed by atoms with Crippen LogP contribution in [0.1, 0.15) is 6.92 Å². The van der Waals surface area contributed by atoms with Crippen molar-refractivity contribution in [1.29, 1.82) is 5.41 Å². The topological polar surface area (TPSA) is 84.0 Å². The van der Waals surface area contributed by atoms with E-state index >= 15 is 0 Å². The number of rotatable bonds is 1. The highest BCUT2D eigenvalue weighted by atomic mass is 32.2. The lowest BCUT2D eigenvalue weighted by atomic mass is 10.2. The highest BCUT2D eigenvalue weighted by molar-refractivity contribution is 8.17. The largest absolute Gasteiger partial charge is 0.378 e. The maximum absolute atomic E-state index is 11.0. The van der Waals surface area contributed by atoms with Crippen molar-refractivity contribution in [3.63, 3.8) is 0 Å². The molecule has 12 heavy (non-hydrogen) atoms. The molecule has 0 fully saturated rings. The smallest absolute Gasteiger partial charge is 0.173 e. The Bertz CT molecular complexity index is 331. The van der Waals surface area contributed by atoms with E-state index in [2.05, 4.69) is 0 Å². The Morgan fingerprint density at radius 3 is 2.75 bits per heavy atom. The predicted octanol–water partition coefficient (Wildman–Crippen LogP) is 0.519. The fourth-order valence-electron chi connectivity index (χ4n) is 1.02. The second kappa shape index (κ2) is 3.10. The van der Waals surface area contributed by atoms with E-state index in [1.165, 1.54) is 5.41 Å². The summed E-state index contributed by atoms with van der Waals surface area (Å²) < 4.78 is 22.1. The zero-order chi connectivity index (χ0) is 9.35. The minimum absolute atomic E-state index is 0.0242. The zero-order valence-electron chi connectivity index (χ0n) is 6.57. The maximum atomic E-state index is 11.0. The first-order valence-electron chi connectivity index (χ1n) is 3.37. The molecule has 1 heterocycles. The Balaban J connectivity index is 2.85. The monoisotopic (exact) mass is 206 g/mol. The van der Waals surface area contributed by atoms with Crippen molar-refractivity contribution >= 4 is 26.8 Å². The summed E-state index contributed by atoms with van der Waals surface area (Å²) in [6.45, 7) is 1.81. The second-order valence-corrected chi connectivity index (χ2v) is 5.73. The molecular weight excluding hydrogens is 196 g/mol. The molecule has 0 aromatic rings. The van der Waals surface area contributed by atoms with Crippen LogP contribution in [0.4, 0.5) is 0 Å². The molecule has 3 N–H and O–H groups in total. The van der Waals surface area contributed by atoms with Crippen LogP contribution in [0.3, 0.4) is 0 Å². The number of thioether (sulfide) groups is 1. The standard InChI is InChI=1S/C6H10N2O2S2/c1-4-2-12(9,10)3-5(4)11-6(7)8/h3-4H,2H2,1H3,(H3,7,8). The van der Waals surface area contributed by atoms with Crippen LogP contribution >= 0.6 is 11.8 Å². The summed E-state index contributed by atoms with van der Waals surface area (Å²) in [6.07, 6.45) is 0. The van der Waals surface area contributed by atoms with E-state index in [0.29, 0.717) is 4.91 Å². The first kappa shape index (κ1) is 9.60. The van der Waals surface area contributed by atoms with Gasteiger partial charge in [-0.2, -0.15) is 0 Å². The molecule has 6 heteroatoms. The highest BCUT2D eigenvalue weighted by Gasteiger charge is 2.26. The SMILES string of the molecule is CC1CS(=O)(=O)C=C1SC(=N)N. The molecule has 0 radical (unpaired) electrons. The van der Waals surface area contributed by atoms with Crippen LogP contribution in [0.5, 0.6) is 0 Å². The van der Waals surface area contributed by atoms with Crippen molar-refractivity contribution in [2.24, 2.45) is 11.7 Å². The third-order valence-corrected chi connectivity index (χ3v) is 4.19. The van der Waals surface area contributed by atoms with Gasteiger partial charge in [-0.25, -0.2) is 8.42 Å². The van der Waals surface area contributed by atoms with Crippen LogP contribution in [-0.4, -0.2) is 19.3 Å². The summed E-state index contributed by atoms with van der Waals surface area (Å²) in [5.41, 5.74) is 5.13. The van der Waals surface area contributed by atoms with Gasteiger partial charge in [-0.15, -0.1) is 0 Å². The second-order valence-electron chi connectivity index (χ2n) is 2.72. The van der Waals surface area contributed by atoms with Crippen molar-refractivity contribution < 1.29 is 8.42 Å². The van der Waals surface area contributed by atoms with E-state index in [-0.39, 0.29) is 16.8 Å². The van der Waals surface area contributed by atoms with Crippen LogP contribution in [-0.2, 0) is 9.84 Å². The summed E-state index contributed by atoms with van der Waals surface area (Å²) in [4.78, 5) is 0.669. The Morgan fingerprint density at radius 2 is 2.42 bits per heavy atom. The minimum atomic E-state index is -3.03. The third kappa shape index (κ3) is 2.25. The first-order valence-corrected chi connectivity index (χ1v) is 5.90. The van der Waals surface area contributed by atoms with Gasteiger partial charge in [0, 0.05) is 16.2 Å². The molecule has 0 saturated heterocycles. The van der Waals surface area contributed by atoms with E-state index < -0.39 is 9.84 Å². The van der Waals surface area contributed by atoms with Gasteiger partial charge in [0.2, 0.25) is 0 Å². The van der Waals surface area contributed by atoms with Crippen molar-refractivity contribution in [2.45, 2.75) is 6.92 Å². The number of nitrogens with one attached hydrogen (secondary N) is 1. The Morgan fingerprint density at radius 1 is 1.83 bits per heavy atom. The lowest BCUT2D eigenvalue weighted by molar-refractivity contribution is 0.601. The van der Waals surface area contributed by atoms with E-state index in [0.717, 1.165) is 11.8 Å². The van der Waals surface area contributed by atoms with Crippen molar-refractivity contribution in [2.75, 3.05) is 5.75 Å². The fourth-order valence-corrected chi connectivity index (χ4v) is 3.86. The lowest BCUT2D eigenvalue weighted by Gasteiger charge is -2.03. The average molecular weight is 206 g/mol. The molecule has 1 atom stereocenters. The van der Waals surface area contributed by atoms with E-state index in [4.69, 9.17) is 11.1 Å². The van der Waals surface area contributed by atoms with Crippen LogP contribution < -0.4 is 5.73 Å². The van der Waals surface area contributed by atoms with E-state index in [1.807, 2.05) is 6.92 Å². The summed E-state index contributed by atoms with van der Waals surface area (Å²) in [7, 11) is -3.03. The molecule has 4 nitrogen and oxygen atoms in total. The molecule has 0 aromatic heterocycles. The summed E-state index contributed by atoms with van der Waals surface area (Å²) in [5, 5.41) is 8.13. The maximum Gasteiger partial charge on any atom is 0.173 e. The van der Waals surface area contributed by atoms with Gasteiger partial charge in [-0.1, -0.05) is 18.7 Å². The van der Waals surface area contributed by atoms with Gasteiger partial charge < -0.3 is 5.73 Å².